The van der Waals surface area contributed by atoms with Crippen LogP contribution in [0, 0.1) is 0 Å². The first-order valence-corrected chi connectivity index (χ1v) is 14.6. The standard InChI is InChI=1S/C39H22N2O3/c1-2-8-26-23(7-1)13-16-36-37(26)29-19-20-40-39(38(29)44-36)41(24-14-17-34-30(21-24)27-9-3-5-11-32(27)42-34)25-15-18-35-31(22-25)28-10-4-6-12-33(28)43-35/h1-22H. The van der Waals surface area contributed by atoms with Gasteiger partial charge in [0.1, 0.15) is 27.9 Å². The quantitative estimate of drug-likeness (QED) is 0.213. The molecule has 206 valence electrons. The average molecular weight is 567 g/mol. The lowest BCUT2D eigenvalue weighted by Crippen LogP contribution is -2.11. The molecule has 0 fully saturated rings. The number of hydrogen-bond acceptors (Lipinski definition) is 5. The second-order valence-electron chi connectivity index (χ2n) is 11.2. The molecule has 4 heterocycles. The summed E-state index contributed by atoms with van der Waals surface area (Å²) in [6.45, 7) is 0. The molecule has 5 heteroatoms. The maximum Gasteiger partial charge on any atom is 0.181 e. The van der Waals surface area contributed by atoms with Crippen molar-refractivity contribution in [1.29, 1.82) is 0 Å². The highest BCUT2D eigenvalue weighted by atomic mass is 16.3. The number of aromatic nitrogens is 1. The van der Waals surface area contributed by atoms with Gasteiger partial charge in [0.2, 0.25) is 0 Å². The van der Waals surface area contributed by atoms with Crippen molar-refractivity contribution < 1.29 is 13.3 Å². The van der Waals surface area contributed by atoms with E-state index >= 15 is 0 Å². The summed E-state index contributed by atoms with van der Waals surface area (Å²) >= 11 is 0. The van der Waals surface area contributed by atoms with Gasteiger partial charge in [-0.1, -0.05) is 66.7 Å². The Morgan fingerprint density at radius 2 is 1.00 bits per heavy atom. The number of fused-ring (bicyclic) bond motifs is 11. The van der Waals surface area contributed by atoms with E-state index in [1.807, 2.05) is 54.7 Å². The zero-order valence-corrected chi connectivity index (χ0v) is 23.3. The lowest BCUT2D eigenvalue weighted by Gasteiger charge is -2.24. The highest BCUT2D eigenvalue weighted by Crippen LogP contribution is 2.45. The van der Waals surface area contributed by atoms with Crippen LogP contribution >= 0.6 is 0 Å². The van der Waals surface area contributed by atoms with Gasteiger partial charge in [-0.05, 0) is 71.4 Å². The summed E-state index contributed by atoms with van der Waals surface area (Å²) in [6, 6.07) is 43.5. The van der Waals surface area contributed by atoms with E-state index in [0.29, 0.717) is 5.82 Å². The van der Waals surface area contributed by atoms with E-state index in [1.54, 1.807) is 0 Å². The molecule has 0 saturated heterocycles. The summed E-state index contributed by atoms with van der Waals surface area (Å²) in [5, 5.41) is 8.67. The number of anilines is 3. The minimum absolute atomic E-state index is 0.710. The Balaban J connectivity index is 1.29. The van der Waals surface area contributed by atoms with Crippen molar-refractivity contribution in [3.05, 3.63) is 134 Å². The number of furan rings is 3. The Hall–Kier alpha value is -6.07. The Labute approximate surface area is 250 Å². The second kappa shape index (κ2) is 8.72. The summed E-state index contributed by atoms with van der Waals surface area (Å²) in [7, 11) is 0. The predicted octanol–water partition coefficient (Wildman–Crippen LogP) is 11.4. The summed E-state index contributed by atoms with van der Waals surface area (Å²) in [4.78, 5) is 7.16. The molecule has 4 aromatic heterocycles. The molecule has 0 saturated carbocycles. The summed E-state index contributed by atoms with van der Waals surface area (Å²) in [5.74, 6) is 0.710. The van der Waals surface area contributed by atoms with Gasteiger partial charge in [-0.3, -0.25) is 4.90 Å². The molecule has 0 radical (unpaired) electrons. The number of nitrogens with zero attached hydrogens (tertiary/aromatic N) is 2. The summed E-state index contributed by atoms with van der Waals surface area (Å²) in [6.07, 6.45) is 1.87. The highest BCUT2D eigenvalue weighted by Gasteiger charge is 2.23. The Bertz CT molecular complexity index is 2630. The predicted molar refractivity (Wildman–Crippen MR) is 178 cm³/mol. The van der Waals surface area contributed by atoms with E-state index in [-0.39, 0.29) is 0 Å². The van der Waals surface area contributed by atoms with Crippen LogP contribution in [-0.4, -0.2) is 4.98 Å². The maximum absolute atomic E-state index is 6.66. The molecule has 10 aromatic rings. The third kappa shape index (κ3) is 3.26. The van der Waals surface area contributed by atoms with Crippen molar-refractivity contribution >= 4 is 93.8 Å². The average Bonchev–Trinajstić information content (AvgIpc) is 3.76. The van der Waals surface area contributed by atoms with Crippen LogP contribution in [0.15, 0.2) is 147 Å². The monoisotopic (exact) mass is 566 g/mol. The van der Waals surface area contributed by atoms with Crippen LogP contribution in [-0.2, 0) is 0 Å². The SMILES string of the molecule is c1ccc2c(c1)ccc1oc3c(N(c4ccc5oc6ccccc6c5c4)c4ccc5oc6ccccc6c5c4)nccc3c12. The Morgan fingerprint density at radius 3 is 1.68 bits per heavy atom. The van der Waals surface area contributed by atoms with Gasteiger partial charge in [0.25, 0.3) is 0 Å². The van der Waals surface area contributed by atoms with Gasteiger partial charge in [0, 0.05) is 49.9 Å². The minimum atomic E-state index is 0.710. The zero-order chi connectivity index (χ0) is 28.8. The molecule has 0 atom stereocenters. The highest BCUT2D eigenvalue weighted by molar-refractivity contribution is 6.20. The molecule has 0 aliphatic heterocycles. The van der Waals surface area contributed by atoms with Gasteiger partial charge in [-0.15, -0.1) is 0 Å². The van der Waals surface area contributed by atoms with Crippen molar-refractivity contribution in [3.63, 3.8) is 0 Å². The third-order valence-electron chi connectivity index (χ3n) is 8.71. The maximum atomic E-state index is 6.66. The molecular weight excluding hydrogens is 544 g/mol. The van der Waals surface area contributed by atoms with E-state index in [2.05, 4.69) is 83.8 Å². The van der Waals surface area contributed by atoms with Gasteiger partial charge in [0.05, 0.1) is 0 Å². The fraction of sp³-hybridized carbons (Fsp3) is 0. The third-order valence-corrected chi connectivity index (χ3v) is 8.71. The van der Waals surface area contributed by atoms with Crippen LogP contribution in [0.1, 0.15) is 0 Å². The fourth-order valence-electron chi connectivity index (χ4n) is 6.72. The Morgan fingerprint density at radius 1 is 0.432 bits per heavy atom. The van der Waals surface area contributed by atoms with Crippen LogP contribution in [0.25, 0.3) is 76.6 Å². The number of para-hydroxylation sites is 2. The van der Waals surface area contributed by atoms with E-state index in [9.17, 15) is 0 Å². The van der Waals surface area contributed by atoms with Gasteiger partial charge in [-0.25, -0.2) is 4.98 Å². The lowest BCUT2D eigenvalue weighted by molar-refractivity contribution is 0.667. The molecule has 0 N–H and O–H groups in total. The smallest absolute Gasteiger partial charge is 0.181 e. The molecule has 6 aromatic carbocycles. The van der Waals surface area contributed by atoms with Crippen LogP contribution in [0.5, 0.6) is 0 Å². The van der Waals surface area contributed by atoms with Crippen molar-refractivity contribution in [2.75, 3.05) is 4.90 Å². The lowest BCUT2D eigenvalue weighted by atomic mass is 10.0. The molecule has 0 aliphatic rings. The Kier molecular flexibility index (Phi) is 4.66. The van der Waals surface area contributed by atoms with E-state index in [4.69, 9.17) is 18.2 Å². The van der Waals surface area contributed by atoms with Gasteiger partial charge in [-0.2, -0.15) is 0 Å². The largest absolute Gasteiger partial charge is 0.456 e. The van der Waals surface area contributed by atoms with Crippen LogP contribution in [0.4, 0.5) is 17.2 Å². The first kappa shape index (κ1) is 23.5. The first-order valence-electron chi connectivity index (χ1n) is 14.6. The van der Waals surface area contributed by atoms with Crippen molar-refractivity contribution in [1.82, 2.24) is 4.98 Å². The molecule has 5 nitrogen and oxygen atoms in total. The first-order chi connectivity index (χ1) is 21.8. The molecule has 0 aliphatic carbocycles. The van der Waals surface area contributed by atoms with E-state index < -0.39 is 0 Å². The van der Waals surface area contributed by atoms with Crippen molar-refractivity contribution in [2.45, 2.75) is 0 Å². The number of pyridine rings is 1. The fourth-order valence-corrected chi connectivity index (χ4v) is 6.72. The van der Waals surface area contributed by atoms with Gasteiger partial charge in [0.15, 0.2) is 11.4 Å². The van der Waals surface area contributed by atoms with Crippen LogP contribution in [0.2, 0.25) is 0 Å². The molecule has 0 amide bonds. The topological polar surface area (TPSA) is 55.6 Å². The second-order valence-corrected chi connectivity index (χ2v) is 11.2. The number of rotatable bonds is 3. The molecule has 10 rings (SSSR count). The molecule has 44 heavy (non-hydrogen) atoms. The zero-order valence-electron chi connectivity index (χ0n) is 23.3. The van der Waals surface area contributed by atoms with Gasteiger partial charge < -0.3 is 13.3 Å². The molecular formula is C39H22N2O3. The van der Waals surface area contributed by atoms with E-state index in [1.165, 1.54) is 5.39 Å². The summed E-state index contributed by atoms with van der Waals surface area (Å²) < 4.78 is 19.0. The number of benzene rings is 6. The van der Waals surface area contributed by atoms with Crippen LogP contribution in [0.3, 0.4) is 0 Å². The molecule has 0 unspecified atom stereocenters. The van der Waals surface area contributed by atoms with Crippen molar-refractivity contribution in [3.8, 4) is 0 Å². The number of hydrogen-bond donors (Lipinski definition) is 0. The van der Waals surface area contributed by atoms with Crippen LogP contribution < -0.4 is 4.90 Å². The molecule has 0 spiro atoms. The van der Waals surface area contributed by atoms with Gasteiger partial charge >= 0.3 is 0 Å². The minimum Gasteiger partial charge on any atom is -0.456 e. The molecule has 0 bridgehead atoms. The summed E-state index contributed by atoms with van der Waals surface area (Å²) in [5.41, 5.74) is 6.86. The van der Waals surface area contributed by atoms with Crippen molar-refractivity contribution in [2.24, 2.45) is 0 Å². The normalized spacial score (nSPS) is 12.1. The van der Waals surface area contributed by atoms with E-state index in [0.717, 1.165) is 82.6 Å².